The van der Waals surface area contributed by atoms with Crippen molar-refractivity contribution in [2.24, 2.45) is 5.92 Å². The van der Waals surface area contributed by atoms with Gasteiger partial charge in [0.2, 0.25) is 0 Å². The van der Waals surface area contributed by atoms with E-state index in [1.54, 1.807) is 43.2 Å². The summed E-state index contributed by atoms with van der Waals surface area (Å²) < 4.78 is 20.4. The van der Waals surface area contributed by atoms with E-state index in [-0.39, 0.29) is 24.4 Å². The molecule has 8 nitrogen and oxygen atoms in total. The predicted molar refractivity (Wildman–Crippen MR) is 105 cm³/mol. The quantitative estimate of drug-likeness (QED) is 0.483. The van der Waals surface area contributed by atoms with Crippen LogP contribution in [0.4, 0.5) is 0 Å². The summed E-state index contributed by atoms with van der Waals surface area (Å²) in [4.78, 5) is 37.4. The van der Waals surface area contributed by atoms with Gasteiger partial charge in [0, 0.05) is 19.2 Å². The highest BCUT2D eigenvalue weighted by molar-refractivity contribution is 5.89. The standard InChI is InChI=1S/C21H27NO7/c1-4-28-21(25)16-9-11-22(12-10-16)19(23)14-29-20(24)8-6-15-5-7-17(26-2)18(13-15)27-3/h5-8,13,16H,4,9-12,14H2,1-3H3/b8-6+. The summed E-state index contributed by atoms with van der Waals surface area (Å²) >= 11 is 0. The smallest absolute Gasteiger partial charge is 0.331 e. The van der Waals surface area contributed by atoms with E-state index in [2.05, 4.69) is 0 Å². The van der Waals surface area contributed by atoms with E-state index in [1.807, 2.05) is 0 Å². The molecule has 1 heterocycles. The van der Waals surface area contributed by atoms with Gasteiger partial charge in [-0.25, -0.2) is 4.79 Å². The lowest BCUT2D eigenvalue weighted by Crippen LogP contribution is -2.42. The predicted octanol–water partition coefficient (Wildman–Crippen LogP) is 2.06. The monoisotopic (exact) mass is 405 g/mol. The first-order valence-electron chi connectivity index (χ1n) is 9.49. The normalized spacial score (nSPS) is 14.5. The van der Waals surface area contributed by atoms with Crippen molar-refractivity contribution in [3.8, 4) is 11.5 Å². The topological polar surface area (TPSA) is 91.4 Å². The Morgan fingerprint density at radius 3 is 2.38 bits per heavy atom. The molecule has 0 spiro atoms. The van der Waals surface area contributed by atoms with Crippen LogP contribution in [0, 0.1) is 5.92 Å². The zero-order chi connectivity index (χ0) is 21.2. The average Bonchev–Trinajstić information content (AvgIpc) is 2.75. The first-order valence-corrected chi connectivity index (χ1v) is 9.49. The van der Waals surface area contributed by atoms with Gasteiger partial charge < -0.3 is 23.8 Å². The minimum absolute atomic E-state index is 0.175. The zero-order valence-corrected chi connectivity index (χ0v) is 17.0. The maximum absolute atomic E-state index is 12.2. The van der Waals surface area contributed by atoms with Gasteiger partial charge in [0.1, 0.15) is 0 Å². The van der Waals surface area contributed by atoms with Gasteiger partial charge in [0.15, 0.2) is 18.1 Å². The summed E-state index contributed by atoms with van der Waals surface area (Å²) in [6.45, 7) is 2.68. The Hall–Kier alpha value is -3.03. The summed E-state index contributed by atoms with van der Waals surface area (Å²) in [7, 11) is 3.07. The number of benzene rings is 1. The summed E-state index contributed by atoms with van der Waals surface area (Å²) in [5.74, 6) is -0.152. The number of likely N-dealkylation sites (tertiary alicyclic amines) is 1. The molecule has 0 unspecified atom stereocenters. The molecule has 0 radical (unpaired) electrons. The molecule has 1 aliphatic heterocycles. The van der Waals surface area contributed by atoms with Crippen LogP contribution < -0.4 is 9.47 Å². The van der Waals surface area contributed by atoms with Crippen LogP contribution >= 0.6 is 0 Å². The lowest BCUT2D eigenvalue weighted by atomic mass is 9.97. The highest BCUT2D eigenvalue weighted by atomic mass is 16.5. The van der Waals surface area contributed by atoms with Gasteiger partial charge in [-0.3, -0.25) is 9.59 Å². The minimum Gasteiger partial charge on any atom is -0.493 e. The number of esters is 2. The number of rotatable bonds is 8. The van der Waals surface area contributed by atoms with Crippen LogP contribution in [0.2, 0.25) is 0 Å². The fourth-order valence-electron chi connectivity index (χ4n) is 3.02. The second kappa shape index (κ2) is 11.1. The Morgan fingerprint density at radius 2 is 1.76 bits per heavy atom. The number of nitrogens with zero attached hydrogens (tertiary/aromatic N) is 1. The summed E-state index contributed by atoms with van der Waals surface area (Å²) in [5, 5.41) is 0. The lowest BCUT2D eigenvalue weighted by molar-refractivity contribution is -0.153. The van der Waals surface area contributed by atoms with Crippen molar-refractivity contribution < 1.29 is 33.3 Å². The van der Waals surface area contributed by atoms with E-state index in [1.165, 1.54) is 13.2 Å². The van der Waals surface area contributed by atoms with Crippen LogP contribution in [0.15, 0.2) is 24.3 Å². The van der Waals surface area contributed by atoms with Crippen LogP contribution in [-0.2, 0) is 23.9 Å². The molecule has 0 aromatic heterocycles. The third-order valence-electron chi connectivity index (χ3n) is 4.62. The largest absolute Gasteiger partial charge is 0.493 e. The van der Waals surface area contributed by atoms with E-state index >= 15 is 0 Å². The van der Waals surface area contributed by atoms with Gasteiger partial charge in [0.25, 0.3) is 5.91 Å². The SMILES string of the molecule is CCOC(=O)C1CCN(C(=O)COC(=O)/C=C/c2ccc(OC)c(OC)c2)CC1. The Labute approximate surface area is 170 Å². The maximum atomic E-state index is 12.2. The van der Waals surface area contributed by atoms with Crippen LogP contribution in [0.3, 0.4) is 0 Å². The average molecular weight is 405 g/mol. The third kappa shape index (κ3) is 6.51. The Balaban J connectivity index is 1.78. The fraction of sp³-hybridized carbons (Fsp3) is 0.476. The molecule has 8 heteroatoms. The van der Waals surface area contributed by atoms with Gasteiger partial charge in [0.05, 0.1) is 26.7 Å². The van der Waals surface area contributed by atoms with E-state index in [4.69, 9.17) is 18.9 Å². The van der Waals surface area contributed by atoms with E-state index < -0.39 is 5.97 Å². The van der Waals surface area contributed by atoms with Crippen molar-refractivity contribution in [2.45, 2.75) is 19.8 Å². The Kier molecular flexibility index (Phi) is 8.51. The van der Waals surface area contributed by atoms with Crippen molar-refractivity contribution in [1.29, 1.82) is 0 Å². The summed E-state index contributed by atoms with van der Waals surface area (Å²) in [6, 6.07) is 5.22. The second-order valence-electron chi connectivity index (χ2n) is 6.46. The molecule has 2 rings (SSSR count). The van der Waals surface area contributed by atoms with Crippen LogP contribution in [-0.4, -0.2) is 63.3 Å². The van der Waals surface area contributed by atoms with E-state index in [0.717, 1.165) is 5.56 Å². The molecule has 1 fully saturated rings. The molecule has 29 heavy (non-hydrogen) atoms. The van der Waals surface area contributed by atoms with E-state index in [0.29, 0.717) is 44.0 Å². The van der Waals surface area contributed by atoms with Crippen LogP contribution in [0.1, 0.15) is 25.3 Å². The molecule has 0 saturated carbocycles. The van der Waals surface area contributed by atoms with Gasteiger partial charge >= 0.3 is 11.9 Å². The lowest BCUT2D eigenvalue weighted by Gasteiger charge is -2.30. The van der Waals surface area contributed by atoms with Crippen molar-refractivity contribution in [3.05, 3.63) is 29.8 Å². The minimum atomic E-state index is -0.616. The molecule has 1 saturated heterocycles. The highest BCUT2D eigenvalue weighted by Crippen LogP contribution is 2.28. The van der Waals surface area contributed by atoms with Gasteiger partial charge in [-0.2, -0.15) is 0 Å². The molecule has 1 amide bonds. The number of hydrogen-bond acceptors (Lipinski definition) is 7. The zero-order valence-electron chi connectivity index (χ0n) is 17.0. The van der Waals surface area contributed by atoms with Crippen molar-refractivity contribution >= 4 is 23.9 Å². The molecule has 158 valence electrons. The van der Waals surface area contributed by atoms with E-state index in [9.17, 15) is 14.4 Å². The number of piperidine rings is 1. The Morgan fingerprint density at radius 1 is 1.07 bits per heavy atom. The summed E-state index contributed by atoms with van der Waals surface area (Å²) in [6.07, 6.45) is 3.93. The second-order valence-corrected chi connectivity index (χ2v) is 6.46. The van der Waals surface area contributed by atoms with Crippen molar-refractivity contribution in [3.63, 3.8) is 0 Å². The van der Waals surface area contributed by atoms with Crippen molar-refractivity contribution in [2.75, 3.05) is 40.5 Å². The highest BCUT2D eigenvalue weighted by Gasteiger charge is 2.28. The van der Waals surface area contributed by atoms with Crippen molar-refractivity contribution in [1.82, 2.24) is 4.90 Å². The molecule has 1 aromatic rings. The molecule has 0 N–H and O–H groups in total. The number of ether oxygens (including phenoxy) is 4. The maximum Gasteiger partial charge on any atom is 0.331 e. The molecular weight excluding hydrogens is 378 g/mol. The first kappa shape index (κ1) is 22.3. The van der Waals surface area contributed by atoms with Gasteiger partial charge in [-0.05, 0) is 43.5 Å². The van der Waals surface area contributed by atoms with Crippen LogP contribution in [0.5, 0.6) is 11.5 Å². The molecule has 0 atom stereocenters. The number of amides is 1. The van der Waals surface area contributed by atoms with Gasteiger partial charge in [-0.1, -0.05) is 6.07 Å². The number of carbonyl (C=O) groups is 3. The van der Waals surface area contributed by atoms with Gasteiger partial charge in [-0.15, -0.1) is 0 Å². The summed E-state index contributed by atoms with van der Waals surface area (Å²) in [5.41, 5.74) is 0.729. The molecule has 0 aliphatic carbocycles. The molecule has 0 bridgehead atoms. The Bertz CT molecular complexity index is 751. The molecular formula is C21H27NO7. The fourth-order valence-corrected chi connectivity index (χ4v) is 3.02. The molecule has 1 aliphatic rings. The number of hydrogen-bond donors (Lipinski definition) is 0. The first-order chi connectivity index (χ1) is 14.0. The van der Waals surface area contributed by atoms with Crippen LogP contribution in [0.25, 0.3) is 6.08 Å². The number of carbonyl (C=O) groups excluding carboxylic acids is 3. The molecule has 1 aromatic carbocycles. The number of methoxy groups -OCH3 is 2. The third-order valence-corrected chi connectivity index (χ3v) is 4.62.